The molecule has 1 aliphatic heterocycles. The predicted octanol–water partition coefficient (Wildman–Crippen LogP) is 7.35. The van der Waals surface area contributed by atoms with Crippen molar-refractivity contribution in [3.05, 3.63) is 150 Å². The minimum absolute atomic E-state index is 0.0770. The lowest BCUT2D eigenvalue weighted by Gasteiger charge is -2.32. The highest BCUT2D eigenvalue weighted by molar-refractivity contribution is 6.10. The van der Waals surface area contributed by atoms with Gasteiger partial charge < -0.3 is 20.3 Å². The standard InChI is InChI=1S/C44H44N4O5/c1-30(32-19-23-36(24-20-32)34-13-7-5-8-14-34)45-40(49)28-47-42(51)44(3,27-38-17-11-12-18-39(38)53-4)48(43(47)52)29-41(50)46-31(2)33-21-25-37(26-22-33)35-15-9-6-10-16-35/h5-26,30-31H,27-29H2,1-4H3,(H,45,49)(H,46,50)/t30-,31+,44-/m1/s1. The summed E-state index contributed by atoms with van der Waals surface area (Å²) >= 11 is 0. The van der Waals surface area contributed by atoms with E-state index in [1.807, 2.05) is 141 Å². The van der Waals surface area contributed by atoms with Gasteiger partial charge in [-0.1, -0.05) is 127 Å². The van der Waals surface area contributed by atoms with Crippen LogP contribution in [0.15, 0.2) is 133 Å². The number of methoxy groups -OCH3 is 1. The average Bonchev–Trinajstić information content (AvgIpc) is 3.34. The number of amides is 5. The second-order valence-electron chi connectivity index (χ2n) is 13.6. The highest BCUT2D eigenvalue weighted by atomic mass is 16.5. The van der Waals surface area contributed by atoms with Crippen LogP contribution in [0.3, 0.4) is 0 Å². The summed E-state index contributed by atoms with van der Waals surface area (Å²) in [6, 6.07) is 41.6. The number of rotatable bonds is 13. The molecule has 270 valence electrons. The van der Waals surface area contributed by atoms with Crippen molar-refractivity contribution in [2.24, 2.45) is 0 Å². The molecule has 2 N–H and O–H groups in total. The number of nitrogens with zero attached hydrogens (tertiary/aromatic N) is 2. The van der Waals surface area contributed by atoms with Crippen molar-refractivity contribution in [2.75, 3.05) is 20.2 Å². The molecule has 5 aromatic rings. The fourth-order valence-electron chi connectivity index (χ4n) is 6.84. The molecule has 0 spiro atoms. The first kappa shape index (κ1) is 36.6. The molecule has 6 rings (SSSR count). The summed E-state index contributed by atoms with van der Waals surface area (Å²) in [5, 5.41) is 5.92. The van der Waals surface area contributed by atoms with E-state index in [-0.39, 0.29) is 25.0 Å². The van der Waals surface area contributed by atoms with Crippen LogP contribution in [0.25, 0.3) is 22.3 Å². The monoisotopic (exact) mass is 708 g/mol. The Morgan fingerprint density at radius 2 is 1.06 bits per heavy atom. The smallest absolute Gasteiger partial charge is 0.328 e. The maximum atomic E-state index is 14.2. The first-order chi connectivity index (χ1) is 25.6. The van der Waals surface area contributed by atoms with Gasteiger partial charge in [0, 0.05) is 6.42 Å². The number of hydrogen-bond donors (Lipinski definition) is 2. The Kier molecular flexibility index (Phi) is 11.0. The van der Waals surface area contributed by atoms with Gasteiger partial charge in [0.25, 0.3) is 5.91 Å². The van der Waals surface area contributed by atoms with E-state index >= 15 is 0 Å². The van der Waals surface area contributed by atoms with Gasteiger partial charge in [0.15, 0.2) is 0 Å². The van der Waals surface area contributed by atoms with Crippen molar-refractivity contribution in [3.8, 4) is 28.0 Å². The van der Waals surface area contributed by atoms with E-state index < -0.39 is 35.8 Å². The number of hydrogen-bond acceptors (Lipinski definition) is 5. The van der Waals surface area contributed by atoms with Crippen LogP contribution in [0, 0.1) is 0 Å². The second kappa shape index (κ2) is 16.0. The molecule has 1 saturated heterocycles. The molecule has 3 atom stereocenters. The Labute approximate surface area is 310 Å². The summed E-state index contributed by atoms with van der Waals surface area (Å²) in [5.41, 5.74) is 5.27. The summed E-state index contributed by atoms with van der Waals surface area (Å²) in [7, 11) is 1.54. The zero-order valence-corrected chi connectivity index (χ0v) is 30.4. The van der Waals surface area contributed by atoms with Crippen LogP contribution in [-0.2, 0) is 20.8 Å². The van der Waals surface area contributed by atoms with Gasteiger partial charge in [-0.05, 0) is 65.8 Å². The van der Waals surface area contributed by atoms with Crippen LogP contribution in [0.4, 0.5) is 4.79 Å². The number of imide groups is 1. The summed E-state index contributed by atoms with van der Waals surface area (Å²) in [6.45, 7) is 4.47. The molecule has 5 aromatic carbocycles. The predicted molar refractivity (Wildman–Crippen MR) is 206 cm³/mol. The van der Waals surface area contributed by atoms with E-state index in [4.69, 9.17) is 4.74 Å². The van der Waals surface area contributed by atoms with E-state index in [2.05, 4.69) is 10.6 Å². The third-order valence-electron chi connectivity index (χ3n) is 9.88. The van der Waals surface area contributed by atoms with Gasteiger partial charge in [-0.25, -0.2) is 4.79 Å². The van der Waals surface area contributed by atoms with Gasteiger partial charge >= 0.3 is 6.03 Å². The fourth-order valence-corrected chi connectivity index (χ4v) is 6.84. The number of benzene rings is 5. The zero-order chi connectivity index (χ0) is 37.5. The van der Waals surface area contributed by atoms with E-state index in [0.717, 1.165) is 38.3 Å². The number of ether oxygens (including phenoxy) is 1. The molecule has 1 heterocycles. The van der Waals surface area contributed by atoms with Crippen molar-refractivity contribution in [1.29, 1.82) is 0 Å². The van der Waals surface area contributed by atoms with Crippen LogP contribution in [0.5, 0.6) is 5.75 Å². The topological polar surface area (TPSA) is 108 Å². The number of nitrogens with one attached hydrogen (secondary N) is 2. The number of para-hydroxylation sites is 1. The maximum Gasteiger partial charge on any atom is 0.328 e. The van der Waals surface area contributed by atoms with Gasteiger partial charge in [0.2, 0.25) is 11.8 Å². The van der Waals surface area contributed by atoms with Gasteiger partial charge in [0.05, 0.1) is 19.2 Å². The van der Waals surface area contributed by atoms with Crippen LogP contribution >= 0.6 is 0 Å². The fraction of sp³-hybridized carbons (Fsp3) is 0.227. The zero-order valence-electron chi connectivity index (χ0n) is 30.4. The number of carbonyl (C=O) groups excluding carboxylic acids is 4. The normalized spacial score (nSPS) is 16.6. The quantitative estimate of drug-likeness (QED) is 0.124. The first-order valence-electron chi connectivity index (χ1n) is 17.7. The van der Waals surface area contributed by atoms with Crippen molar-refractivity contribution in [2.45, 2.75) is 44.8 Å². The molecule has 1 fully saturated rings. The molecule has 0 bridgehead atoms. The minimum atomic E-state index is -1.47. The SMILES string of the molecule is COc1ccccc1C[C@]1(C)C(=O)N(CC(=O)N[C@H](C)c2ccc(-c3ccccc3)cc2)C(=O)N1CC(=O)N[C@@H](C)c1ccc(-c2ccccc2)cc1. The highest BCUT2D eigenvalue weighted by Gasteiger charge is 2.55. The van der Waals surface area contributed by atoms with Crippen molar-refractivity contribution in [3.63, 3.8) is 0 Å². The largest absolute Gasteiger partial charge is 0.496 e. The molecule has 1 aliphatic rings. The van der Waals surface area contributed by atoms with Gasteiger partial charge in [-0.15, -0.1) is 0 Å². The third-order valence-corrected chi connectivity index (χ3v) is 9.88. The average molecular weight is 709 g/mol. The minimum Gasteiger partial charge on any atom is -0.496 e. The Morgan fingerprint density at radius 1 is 0.623 bits per heavy atom. The van der Waals surface area contributed by atoms with E-state index in [9.17, 15) is 19.2 Å². The summed E-state index contributed by atoms with van der Waals surface area (Å²) in [5.74, 6) is -0.948. The van der Waals surface area contributed by atoms with Gasteiger partial charge in [-0.2, -0.15) is 0 Å². The molecular weight excluding hydrogens is 665 g/mol. The Bertz CT molecular complexity index is 2070. The van der Waals surface area contributed by atoms with Crippen molar-refractivity contribution in [1.82, 2.24) is 20.4 Å². The summed E-state index contributed by atoms with van der Waals surface area (Å²) in [6.07, 6.45) is 0.0770. The Balaban J connectivity index is 1.16. The lowest BCUT2D eigenvalue weighted by Crippen LogP contribution is -2.52. The molecule has 9 heteroatoms. The van der Waals surface area contributed by atoms with Crippen LogP contribution < -0.4 is 15.4 Å². The Hall–Kier alpha value is -6.22. The third kappa shape index (κ3) is 8.15. The number of urea groups is 1. The molecule has 0 aromatic heterocycles. The molecular formula is C44H44N4O5. The lowest BCUT2D eigenvalue weighted by atomic mass is 9.90. The van der Waals surface area contributed by atoms with Gasteiger partial charge in [-0.3, -0.25) is 19.3 Å². The second-order valence-corrected chi connectivity index (χ2v) is 13.6. The highest BCUT2D eigenvalue weighted by Crippen LogP contribution is 2.34. The molecule has 0 saturated carbocycles. The van der Waals surface area contributed by atoms with Crippen LogP contribution in [0.1, 0.15) is 49.5 Å². The van der Waals surface area contributed by atoms with Gasteiger partial charge in [0.1, 0.15) is 24.4 Å². The van der Waals surface area contributed by atoms with E-state index in [1.165, 1.54) is 12.0 Å². The Morgan fingerprint density at radius 3 is 1.55 bits per heavy atom. The molecule has 0 radical (unpaired) electrons. The van der Waals surface area contributed by atoms with E-state index in [0.29, 0.717) is 11.3 Å². The molecule has 5 amide bonds. The maximum absolute atomic E-state index is 14.2. The first-order valence-corrected chi connectivity index (χ1v) is 17.7. The molecule has 0 aliphatic carbocycles. The number of carbonyl (C=O) groups is 4. The van der Waals surface area contributed by atoms with Crippen LogP contribution in [-0.4, -0.2) is 59.3 Å². The summed E-state index contributed by atoms with van der Waals surface area (Å²) in [4.78, 5) is 57.4. The molecule has 9 nitrogen and oxygen atoms in total. The lowest BCUT2D eigenvalue weighted by molar-refractivity contribution is -0.136. The molecule has 53 heavy (non-hydrogen) atoms. The van der Waals surface area contributed by atoms with E-state index in [1.54, 1.807) is 13.0 Å². The summed E-state index contributed by atoms with van der Waals surface area (Å²) < 4.78 is 5.56. The van der Waals surface area contributed by atoms with Crippen molar-refractivity contribution >= 4 is 23.8 Å². The molecule has 0 unspecified atom stereocenters. The van der Waals surface area contributed by atoms with Crippen LogP contribution in [0.2, 0.25) is 0 Å². The van der Waals surface area contributed by atoms with Crippen molar-refractivity contribution < 1.29 is 23.9 Å².